The molecule has 1 aromatic rings. The fourth-order valence-electron chi connectivity index (χ4n) is 2.24. The van der Waals surface area contributed by atoms with Crippen LogP contribution in [-0.2, 0) is 11.3 Å². The number of thiophene rings is 1. The van der Waals surface area contributed by atoms with E-state index < -0.39 is 0 Å². The number of rotatable bonds is 4. The third-order valence-electron chi connectivity index (χ3n) is 3.66. The van der Waals surface area contributed by atoms with Crippen LogP contribution in [0.3, 0.4) is 0 Å². The highest BCUT2D eigenvalue weighted by Crippen LogP contribution is 2.35. The molecule has 1 heterocycles. The van der Waals surface area contributed by atoms with Gasteiger partial charge in [-0.15, -0.1) is 0 Å². The summed E-state index contributed by atoms with van der Waals surface area (Å²) < 4.78 is 0. The number of carbonyl (C=O) groups is 1. The zero-order valence-electron chi connectivity index (χ0n) is 9.39. The summed E-state index contributed by atoms with van der Waals surface area (Å²) in [6, 6.07) is 2.68. The largest absolute Gasteiger partial charge is 0.335 e. The van der Waals surface area contributed by atoms with E-state index in [4.69, 9.17) is 0 Å². The summed E-state index contributed by atoms with van der Waals surface area (Å²) in [6.45, 7) is 0.837. The molecule has 3 rings (SSSR count). The minimum absolute atomic E-state index is 0.347. The van der Waals surface area contributed by atoms with E-state index in [0.717, 1.165) is 19.4 Å². The second kappa shape index (κ2) is 4.21. The Kier molecular flexibility index (Phi) is 2.72. The maximum Gasteiger partial charge on any atom is 0.226 e. The van der Waals surface area contributed by atoms with Crippen LogP contribution in [0.25, 0.3) is 0 Å². The Morgan fingerprint density at radius 1 is 1.38 bits per heavy atom. The summed E-state index contributed by atoms with van der Waals surface area (Å²) in [5.41, 5.74) is 1.30. The average molecular weight is 235 g/mol. The molecule has 1 aromatic heterocycles. The molecule has 0 spiro atoms. The summed E-state index contributed by atoms with van der Waals surface area (Å²) in [7, 11) is 0. The third kappa shape index (κ3) is 2.01. The fourth-order valence-corrected chi connectivity index (χ4v) is 2.90. The standard InChI is InChI=1S/C13H17NOS/c15-13(11-2-1-3-11)14(12-4-5-12)8-10-6-7-16-9-10/h6-7,9,11-12H,1-5,8H2. The Hall–Kier alpha value is -0.830. The van der Waals surface area contributed by atoms with E-state index in [2.05, 4.69) is 21.7 Å². The first-order valence-electron chi connectivity index (χ1n) is 6.16. The van der Waals surface area contributed by atoms with Crippen LogP contribution >= 0.6 is 11.3 Å². The van der Waals surface area contributed by atoms with E-state index >= 15 is 0 Å². The highest BCUT2D eigenvalue weighted by Gasteiger charge is 2.37. The van der Waals surface area contributed by atoms with Crippen LogP contribution in [0.5, 0.6) is 0 Å². The lowest BCUT2D eigenvalue weighted by Crippen LogP contribution is -2.39. The van der Waals surface area contributed by atoms with Crippen LogP contribution in [0.2, 0.25) is 0 Å². The van der Waals surface area contributed by atoms with Crippen molar-refractivity contribution in [3.8, 4) is 0 Å². The molecule has 0 radical (unpaired) electrons. The van der Waals surface area contributed by atoms with Gasteiger partial charge in [-0.2, -0.15) is 11.3 Å². The first-order chi connectivity index (χ1) is 7.84. The van der Waals surface area contributed by atoms with Crippen LogP contribution in [0.4, 0.5) is 0 Å². The molecule has 0 bridgehead atoms. The lowest BCUT2D eigenvalue weighted by molar-refractivity contribution is -0.139. The number of hydrogen-bond acceptors (Lipinski definition) is 2. The van der Waals surface area contributed by atoms with Gasteiger partial charge in [-0.1, -0.05) is 6.42 Å². The Morgan fingerprint density at radius 3 is 2.69 bits per heavy atom. The van der Waals surface area contributed by atoms with Crippen LogP contribution in [-0.4, -0.2) is 16.8 Å². The van der Waals surface area contributed by atoms with Gasteiger partial charge in [0, 0.05) is 18.5 Å². The van der Waals surface area contributed by atoms with Gasteiger partial charge in [0.15, 0.2) is 0 Å². The second-order valence-corrected chi connectivity index (χ2v) is 5.74. The molecule has 86 valence electrons. The van der Waals surface area contributed by atoms with Gasteiger partial charge in [0.25, 0.3) is 0 Å². The summed E-state index contributed by atoms with van der Waals surface area (Å²) in [5.74, 6) is 0.763. The highest BCUT2D eigenvalue weighted by molar-refractivity contribution is 7.07. The van der Waals surface area contributed by atoms with E-state index in [1.165, 1.54) is 24.8 Å². The Balaban J connectivity index is 1.68. The van der Waals surface area contributed by atoms with Crippen LogP contribution < -0.4 is 0 Å². The van der Waals surface area contributed by atoms with E-state index in [-0.39, 0.29) is 0 Å². The van der Waals surface area contributed by atoms with Crippen molar-refractivity contribution < 1.29 is 4.79 Å². The number of nitrogens with zero attached hydrogens (tertiary/aromatic N) is 1. The molecule has 2 fully saturated rings. The molecule has 2 nitrogen and oxygen atoms in total. The lowest BCUT2D eigenvalue weighted by atomic mass is 9.84. The zero-order chi connectivity index (χ0) is 11.0. The average Bonchev–Trinajstić information content (AvgIpc) is 2.90. The molecule has 2 saturated carbocycles. The number of amides is 1. The fraction of sp³-hybridized carbons (Fsp3) is 0.615. The van der Waals surface area contributed by atoms with E-state index in [1.54, 1.807) is 11.3 Å². The molecule has 1 amide bonds. The minimum Gasteiger partial charge on any atom is -0.335 e. The third-order valence-corrected chi connectivity index (χ3v) is 4.39. The summed E-state index contributed by atoms with van der Waals surface area (Å²) >= 11 is 1.72. The Labute approximate surface area is 100 Å². The van der Waals surface area contributed by atoms with Gasteiger partial charge in [0.2, 0.25) is 5.91 Å². The Morgan fingerprint density at radius 2 is 2.19 bits per heavy atom. The topological polar surface area (TPSA) is 20.3 Å². The second-order valence-electron chi connectivity index (χ2n) is 4.96. The molecule has 0 saturated heterocycles. The van der Waals surface area contributed by atoms with Crippen molar-refractivity contribution >= 4 is 17.2 Å². The molecule has 3 heteroatoms. The lowest BCUT2D eigenvalue weighted by Gasteiger charge is -2.31. The van der Waals surface area contributed by atoms with Gasteiger partial charge in [0.05, 0.1) is 0 Å². The molecule has 2 aliphatic carbocycles. The normalized spacial score (nSPS) is 20.5. The van der Waals surface area contributed by atoms with Crippen molar-refractivity contribution in [2.24, 2.45) is 5.92 Å². The van der Waals surface area contributed by atoms with Crippen molar-refractivity contribution in [3.63, 3.8) is 0 Å². The number of carbonyl (C=O) groups excluding carboxylic acids is 1. The number of hydrogen-bond donors (Lipinski definition) is 0. The molecule has 0 atom stereocenters. The SMILES string of the molecule is O=C(C1CCC1)N(Cc1ccsc1)C1CC1. The summed E-state index contributed by atoms with van der Waals surface area (Å²) in [5, 5.41) is 4.25. The van der Waals surface area contributed by atoms with Gasteiger partial charge >= 0.3 is 0 Å². The van der Waals surface area contributed by atoms with E-state index in [0.29, 0.717) is 17.9 Å². The molecule has 0 N–H and O–H groups in total. The van der Waals surface area contributed by atoms with Crippen molar-refractivity contribution in [2.45, 2.75) is 44.7 Å². The minimum atomic E-state index is 0.347. The summed E-state index contributed by atoms with van der Waals surface area (Å²) in [6.07, 6.45) is 5.90. The molecule has 16 heavy (non-hydrogen) atoms. The predicted molar refractivity (Wildman–Crippen MR) is 65.2 cm³/mol. The Bertz CT molecular complexity index is 365. The quantitative estimate of drug-likeness (QED) is 0.785. The molecule has 0 aromatic carbocycles. The molecule has 0 unspecified atom stereocenters. The van der Waals surface area contributed by atoms with Gasteiger partial charge < -0.3 is 4.90 Å². The predicted octanol–water partition coefficient (Wildman–Crippen LogP) is 3.04. The van der Waals surface area contributed by atoms with Crippen molar-refractivity contribution in [1.29, 1.82) is 0 Å². The van der Waals surface area contributed by atoms with Crippen LogP contribution in [0, 0.1) is 5.92 Å². The van der Waals surface area contributed by atoms with Gasteiger partial charge in [-0.3, -0.25) is 4.79 Å². The highest BCUT2D eigenvalue weighted by atomic mass is 32.1. The summed E-state index contributed by atoms with van der Waals surface area (Å²) in [4.78, 5) is 14.4. The monoisotopic (exact) mass is 235 g/mol. The molecular weight excluding hydrogens is 218 g/mol. The van der Waals surface area contributed by atoms with Gasteiger partial charge in [0.1, 0.15) is 0 Å². The van der Waals surface area contributed by atoms with Gasteiger partial charge in [-0.05, 0) is 48.1 Å². The maximum absolute atomic E-state index is 12.3. The van der Waals surface area contributed by atoms with E-state index in [1.807, 2.05) is 0 Å². The van der Waals surface area contributed by atoms with Crippen molar-refractivity contribution in [2.75, 3.05) is 0 Å². The molecular formula is C13H17NOS. The van der Waals surface area contributed by atoms with Crippen LogP contribution in [0.1, 0.15) is 37.7 Å². The van der Waals surface area contributed by atoms with Gasteiger partial charge in [-0.25, -0.2) is 0 Å². The zero-order valence-corrected chi connectivity index (χ0v) is 10.2. The molecule has 2 aliphatic rings. The smallest absolute Gasteiger partial charge is 0.226 e. The first-order valence-corrected chi connectivity index (χ1v) is 7.10. The van der Waals surface area contributed by atoms with E-state index in [9.17, 15) is 4.79 Å². The maximum atomic E-state index is 12.3. The van der Waals surface area contributed by atoms with Crippen molar-refractivity contribution in [3.05, 3.63) is 22.4 Å². The first kappa shape index (κ1) is 10.3. The van der Waals surface area contributed by atoms with Crippen LogP contribution in [0.15, 0.2) is 16.8 Å². The van der Waals surface area contributed by atoms with Crippen molar-refractivity contribution in [1.82, 2.24) is 4.90 Å². The molecule has 0 aliphatic heterocycles.